The molecule has 0 spiro atoms. The number of benzene rings is 1. The van der Waals surface area contributed by atoms with Crippen LogP contribution in [0.15, 0.2) is 46.0 Å². The first-order chi connectivity index (χ1) is 10.9. The minimum Gasteiger partial charge on any atom is -0.467 e. The summed E-state index contributed by atoms with van der Waals surface area (Å²) in [6, 6.07) is 9.98. The molecule has 2 aromatic rings. The fraction of sp³-hybridized carbons (Fsp3) is 0.312. The molecule has 1 aromatic carbocycles. The number of carbonyl (C=O) groups is 1. The van der Waals surface area contributed by atoms with E-state index in [-0.39, 0.29) is 5.82 Å². The molecule has 1 atom stereocenters. The van der Waals surface area contributed by atoms with Gasteiger partial charge in [-0.1, -0.05) is 30.3 Å². The average molecular weight is 317 g/mol. The van der Waals surface area contributed by atoms with E-state index in [4.69, 9.17) is 4.74 Å². The zero-order chi connectivity index (χ0) is 17.0. The number of carbonyl (C=O) groups excluding carboxylic acids is 1. The predicted octanol–water partition coefficient (Wildman–Crippen LogP) is 0.280. The second-order valence-electron chi connectivity index (χ2n) is 5.18. The van der Waals surface area contributed by atoms with Gasteiger partial charge in [0.2, 0.25) is 0 Å². The molecule has 0 saturated heterocycles. The number of methoxy groups -OCH3 is 1. The summed E-state index contributed by atoms with van der Waals surface area (Å²) in [7, 11) is 4.22. The molecule has 0 radical (unpaired) electrons. The van der Waals surface area contributed by atoms with Crippen LogP contribution < -0.4 is 16.6 Å². The summed E-state index contributed by atoms with van der Waals surface area (Å²) in [5, 5.41) is 2.93. The van der Waals surface area contributed by atoms with E-state index in [9.17, 15) is 14.4 Å². The van der Waals surface area contributed by atoms with Crippen molar-refractivity contribution in [3.63, 3.8) is 0 Å². The van der Waals surface area contributed by atoms with Gasteiger partial charge in [-0.05, 0) is 5.56 Å². The van der Waals surface area contributed by atoms with Gasteiger partial charge in [-0.25, -0.2) is 9.59 Å². The fourth-order valence-corrected chi connectivity index (χ4v) is 2.24. The Morgan fingerprint density at radius 1 is 1.17 bits per heavy atom. The molecule has 0 saturated carbocycles. The molecule has 0 unspecified atom stereocenters. The highest BCUT2D eigenvalue weighted by Crippen LogP contribution is 2.10. The van der Waals surface area contributed by atoms with Crippen molar-refractivity contribution in [2.45, 2.75) is 12.5 Å². The molecule has 0 aliphatic rings. The van der Waals surface area contributed by atoms with Crippen molar-refractivity contribution in [2.75, 3.05) is 12.4 Å². The van der Waals surface area contributed by atoms with Gasteiger partial charge in [0.1, 0.15) is 11.9 Å². The van der Waals surface area contributed by atoms with Gasteiger partial charge < -0.3 is 10.1 Å². The predicted molar refractivity (Wildman–Crippen MR) is 86.5 cm³/mol. The van der Waals surface area contributed by atoms with E-state index in [0.717, 1.165) is 10.1 Å². The maximum absolute atomic E-state index is 12.0. The van der Waals surface area contributed by atoms with Gasteiger partial charge in [0, 0.05) is 26.6 Å². The lowest BCUT2D eigenvalue weighted by Crippen LogP contribution is -2.40. The Morgan fingerprint density at radius 3 is 2.43 bits per heavy atom. The molecule has 0 aliphatic heterocycles. The SMILES string of the molecule is COC(=O)[C@H](Cc1ccccc1)Nc1cc(=O)n(C)c(=O)n1C. The number of hydrogen-bond acceptors (Lipinski definition) is 5. The van der Waals surface area contributed by atoms with Gasteiger partial charge in [-0.2, -0.15) is 0 Å². The third-order valence-corrected chi connectivity index (χ3v) is 3.62. The maximum atomic E-state index is 12.0. The third-order valence-electron chi connectivity index (χ3n) is 3.62. The zero-order valence-corrected chi connectivity index (χ0v) is 13.3. The van der Waals surface area contributed by atoms with Crippen molar-refractivity contribution in [3.05, 3.63) is 62.8 Å². The Balaban J connectivity index is 2.34. The first-order valence-corrected chi connectivity index (χ1v) is 7.09. The fourth-order valence-electron chi connectivity index (χ4n) is 2.24. The lowest BCUT2D eigenvalue weighted by molar-refractivity contribution is -0.141. The second-order valence-corrected chi connectivity index (χ2v) is 5.18. The maximum Gasteiger partial charge on any atom is 0.332 e. The van der Waals surface area contributed by atoms with Crippen LogP contribution >= 0.6 is 0 Å². The largest absolute Gasteiger partial charge is 0.467 e. The number of hydrogen-bond donors (Lipinski definition) is 1. The number of ether oxygens (including phenoxy) is 1. The summed E-state index contributed by atoms with van der Waals surface area (Å²) in [5.41, 5.74) is 0.0199. The summed E-state index contributed by atoms with van der Waals surface area (Å²) in [4.78, 5) is 35.8. The molecule has 0 bridgehead atoms. The second kappa shape index (κ2) is 6.95. The van der Waals surface area contributed by atoms with Gasteiger partial charge in [0.15, 0.2) is 0 Å². The molecular formula is C16H19N3O4. The molecule has 1 heterocycles. The molecule has 1 aromatic heterocycles. The van der Waals surface area contributed by atoms with Gasteiger partial charge in [0.05, 0.1) is 7.11 Å². The Hall–Kier alpha value is -2.83. The summed E-state index contributed by atoms with van der Waals surface area (Å²) in [5.74, 6) is -0.202. The van der Waals surface area contributed by atoms with Crippen LogP contribution in [-0.4, -0.2) is 28.3 Å². The summed E-state index contributed by atoms with van der Waals surface area (Å²) >= 11 is 0. The Bertz CT molecular complexity index is 808. The molecule has 1 N–H and O–H groups in total. The van der Waals surface area contributed by atoms with E-state index in [1.807, 2.05) is 30.3 Å². The molecule has 7 heteroatoms. The van der Waals surface area contributed by atoms with Crippen LogP contribution in [0.3, 0.4) is 0 Å². The lowest BCUT2D eigenvalue weighted by atomic mass is 10.1. The number of rotatable bonds is 5. The topological polar surface area (TPSA) is 82.3 Å². The van der Waals surface area contributed by atoms with Crippen LogP contribution in [0.4, 0.5) is 5.82 Å². The zero-order valence-electron chi connectivity index (χ0n) is 13.3. The van der Waals surface area contributed by atoms with Crippen molar-refractivity contribution < 1.29 is 9.53 Å². The van der Waals surface area contributed by atoms with Crippen LogP contribution in [0.1, 0.15) is 5.56 Å². The molecule has 0 aliphatic carbocycles. The number of nitrogens with zero attached hydrogens (tertiary/aromatic N) is 2. The van der Waals surface area contributed by atoms with E-state index in [0.29, 0.717) is 6.42 Å². The van der Waals surface area contributed by atoms with Gasteiger partial charge in [0.25, 0.3) is 5.56 Å². The first kappa shape index (κ1) is 16.5. The molecular weight excluding hydrogens is 298 g/mol. The summed E-state index contributed by atoms with van der Waals surface area (Å²) < 4.78 is 7.08. The minimum atomic E-state index is -0.708. The Morgan fingerprint density at radius 2 is 1.83 bits per heavy atom. The Kier molecular flexibility index (Phi) is 5.00. The van der Waals surface area contributed by atoms with Crippen LogP contribution in [0.5, 0.6) is 0 Å². The van der Waals surface area contributed by atoms with Gasteiger partial charge in [-0.3, -0.25) is 13.9 Å². The first-order valence-electron chi connectivity index (χ1n) is 7.09. The molecule has 23 heavy (non-hydrogen) atoms. The van der Waals surface area contributed by atoms with Crippen molar-refractivity contribution in [1.82, 2.24) is 9.13 Å². The molecule has 7 nitrogen and oxygen atoms in total. The van der Waals surface area contributed by atoms with E-state index in [1.54, 1.807) is 0 Å². The molecule has 0 amide bonds. The van der Waals surface area contributed by atoms with Crippen molar-refractivity contribution in [3.8, 4) is 0 Å². The van der Waals surface area contributed by atoms with E-state index in [1.165, 1.54) is 31.8 Å². The number of anilines is 1. The normalized spacial score (nSPS) is 11.8. The lowest BCUT2D eigenvalue weighted by Gasteiger charge is -2.19. The van der Waals surface area contributed by atoms with E-state index >= 15 is 0 Å². The Labute approximate surface area is 133 Å². The quantitative estimate of drug-likeness (QED) is 0.801. The molecule has 2 rings (SSSR count). The number of esters is 1. The van der Waals surface area contributed by atoms with Crippen molar-refractivity contribution >= 4 is 11.8 Å². The van der Waals surface area contributed by atoms with Gasteiger partial charge >= 0.3 is 11.7 Å². The standard InChI is InChI=1S/C16H19N3O4/c1-18-13(10-14(20)19(2)16(18)22)17-12(15(21)23-3)9-11-7-5-4-6-8-11/h4-8,10,12,17H,9H2,1-3H3/t12-/m0/s1. The van der Waals surface area contributed by atoms with Gasteiger partial charge in [-0.15, -0.1) is 0 Å². The average Bonchev–Trinajstić information content (AvgIpc) is 2.57. The monoisotopic (exact) mass is 317 g/mol. The highest BCUT2D eigenvalue weighted by Gasteiger charge is 2.21. The summed E-state index contributed by atoms with van der Waals surface area (Å²) in [6.45, 7) is 0. The van der Waals surface area contributed by atoms with Crippen molar-refractivity contribution in [2.24, 2.45) is 14.1 Å². The van der Waals surface area contributed by atoms with E-state index in [2.05, 4.69) is 5.32 Å². The minimum absolute atomic E-state index is 0.268. The third kappa shape index (κ3) is 3.68. The summed E-state index contributed by atoms with van der Waals surface area (Å²) in [6.07, 6.45) is 0.372. The van der Waals surface area contributed by atoms with Crippen LogP contribution in [0, 0.1) is 0 Å². The van der Waals surface area contributed by atoms with Crippen molar-refractivity contribution in [1.29, 1.82) is 0 Å². The van der Waals surface area contributed by atoms with Crippen LogP contribution in [-0.2, 0) is 30.0 Å². The molecule has 122 valence electrons. The number of nitrogens with one attached hydrogen (secondary N) is 1. The van der Waals surface area contributed by atoms with E-state index < -0.39 is 23.3 Å². The highest BCUT2D eigenvalue weighted by atomic mass is 16.5. The smallest absolute Gasteiger partial charge is 0.332 e. The van der Waals surface area contributed by atoms with Crippen LogP contribution in [0.25, 0.3) is 0 Å². The van der Waals surface area contributed by atoms with Crippen LogP contribution in [0.2, 0.25) is 0 Å². The molecule has 0 fully saturated rings. The number of aromatic nitrogens is 2. The highest BCUT2D eigenvalue weighted by molar-refractivity contribution is 5.79.